The van der Waals surface area contributed by atoms with Gasteiger partial charge < -0.3 is 15.2 Å². The zero-order valence-electron chi connectivity index (χ0n) is 15.3. The van der Waals surface area contributed by atoms with Crippen LogP contribution in [0.1, 0.15) is 18.1 Å². The van der Waals surface area contributed by atoms with Gasteiger partial charge in [-0.1, -0.05) is 29.8 Å². The van der Waals surface area contributed by atoms with Crippen LogP contribution in [0.15, 0.2) is 36.7 Å². The molecule has 1 amide bonds. The number of aliphatic hydroxyl groups excluding tert-OH is 1. The van der Waals surface area contributed by atoms with Gasteiger partial charge in [0.15, 0.2) is 5.75 Å². The van der Waals surface area contributed by atoms with Crippen LogP contribution in [-0.4, -0.2) is 57.5 Å². The van der Waals surface area contributed by atoms with Crippen LogP contribution in [0, 0.1) is 6.92 Å². The SMILES string of the molecule is CCn1cc(O[C@@H]2CN(CC(=O)NCc3cccc(C)c3)C[C@H]2O)cn1. The first-order valence-corrected chi connectivity index (χ1v) is 8.95. The summed E-state index contributed by atoms with van der Waals surface area (Å²) < 4.78 is 7.59. The number of nitrogens with one attached hydrogen (secondary N) is 1. The molecule has 140 valence electrons. The number of rotatable bonds is 7. The topological polar surface area (TPSA) is 79.6 Å². The van der Waals surface area contributed by atoms with Crippen molar-refractivity contribution in [2.75, 3.05) is 19.6 Å². The van der Waals surface area contributed by atoms with Gasteiger partial charge in [0.25, 0.3) is 0 Å². The van der Waals surface area contributed by atoms with E-state index in [0.717, 1.165) is 12.1 Å². The summed E-state index contributed by atoms with van der Waals surface area (Å²) in [5.41, 5.74) is 2.25. The van der Waals surface area contributed by atoms with E-state index in [0.29, 0.717) is 25.4 Å². The van der Waals surface area contributed by atoms with Crippen molar-refractivity contribution in [3.63, 3.8) is 0 Å². The molecule has 2 heterocycles. The monoisotopic (exact) mass is 358 g/mol. The van der Waals surface area contributed by atoms with Crippen molar-refractivity contribution >= 4 is 5.91 Å². The van der Waals surface area contributed by atoms with Crippen LogP contribution in [0.4, 0.5) is 0 Å². The highest BCUT2D eigenvalue weighted by atomic mass is 16.5. The van der Waals surface area contributed by atoms with Crippen LogP contribution < -0.4 is 10.1 Å². The Bertz CT molecular complexity index is 746. The van der Waals surface area contributed by atoms with Gasteiger partial charge in [0.05, 0.1) is 18.9 Å². The highest BCUT2D eigenvalue weighted by Gasteiger charge is 2.34. The van der Waals surface area contributed by atoms with Gasteiger partial charge in [0.1, 0.15) is 12.2 Å². The molecule has 0 unspecified atom stereocenters. The Morgan fingerprint density at radius 1 is 1.42 bits per heavy atom. The van der Waals surface area contributed by atoms with E-state index >= 15 is 0 Å². The van der Waals surface area contributed by atoms with E-state index in [1.165, 1.54) is 5.56 Å². The van der Waals surface area contributed by atoms with Gasteiger partial charge >= 0.3 is 0 Å². The average molecular weight is 358 g/mol. The first-order valence-electron chi connectivity index (χ1n) is 8.95. The third kappa shape index (κ3) is 4.83. The fourth-order valence-electron chi connectivity index (χ4n) is 3.11. The van der Waals surface area contributed by atoms with Gasteiger partial charge in [-0.3, -0.25) is 14.4 Å². The second-order valence-electron chi connectivity index (χ2n) is 6.72. The normalized spacial score (nSPS) is 20.3. The van der Waals surface area contributed by atoms with E-state index in [9.17, 15) is 9.90 Å². The molecule has 0 saturated carbocycles. The molecule has 26 heavy (non-hydrogen) atoms. The van der Waals surface area contributed by atoms with Crippen LogP contribution in [0.25, 0.3) is 0 Å². The Morgan fingerprint density at radius 2 is 2.27 bits per heavy atom. The number of carbonyl (C=O) groups is 1. The molecule has 0 aliphatic carbocycles. The smallest absolute Gasteiger partial charge is 0.234 e. The summed E-state index contributed by atoms with van der Waals surface area (Å²) in [4.78, 5) is 14.1. The first-order chi connectivity index (χ1) is 12.5. The van der Waals surface area contributed by atoms with Crippen LogP contribution in [-0.2, 0) is 17.9 Å². The molecule has 1 aromatic carbocycles. The van der Waals surface area contributed by atoms with Crippen molar-refractivity contribution in [2.24, 2.45) is 0 Å². The van der Waals surface area contributed by atoms with Gasteiger partial charge in [-0.25, -0.2) is 0 Å². The maximum absolute atomic E-state index is 12.2. The van der Waals surface area contributed by atoms with Gasteiger partial charge in [-0.2, -0.15) is 5.10 Å². The van der Waals surface area contributed by atoms with Crippen molar-refractivity contribution in [1.29, 1.82) is 0 Å². The van der Waals surface area contributed by atoms with Crippen LogP contribution in [0.5, 0.6) is 5.75 Å². The van der Waals surface area contributed by atoms with E-state index in [4.69, 9.17) is 4.74 Å². The van der Waals surface area contributed by atoms with Crippen molar-refractivity contribution < 1.29 is 14.6 Å². The molecular formula is C19H26N4O3. The molecule has 1 fully saturated rings. The zero-order valence-corrected chi connectivity index (χ0v) is 15.3. The third-order valence-electron chi connectivity index (χ3n) is 4.47. The Hall–Kier alpha value is -2.38. The molecule has 0 bridgehead atoms. The standard InChI is InChI=1S/C19H26N4O3/c1-3-23-10-16(9-21-23)26-18-12-22(11-17(18)24)13-19(25)20-8-15-6-4-5-14(2)7-15/h4-7,9-10,17-18,24H,3,8,11-13H2,1-2H3,(H,20,25)/t17-,18-/m1/s1. The maximum Gasteiger partial charge on any atom is 0.234 e. The summed E-state index contributed by atoms with van der Waals surface area (Å²) in [5.74, 6) is 0.583. The number of amides is 1. The number of likely N-dealkylation sites (tertiary alicyclic amines) is 1. The molecular weight excluding hydrogens is 332 g/mol. The number of aliphatic hydroxyl groups is 1. The lowest BCUT2D eigenvalue weighted by molar-refractivity contribution is -0.122. The summed E-state index contributed by atoms with van der Waals surface area (Å²) >= 11 is 0. The average Bonchev–Trinajstić information content (AvgIpc) is 3.20. The minimum Gasteiger partial charge on any atom is -0.483 e. The number of carbonyl (C=O) groups excluding carboxylic acids is 1. The van der Waals surface area contributed by atoms with Crippen molar-refractivity contribution in [1.82, 2.24) is 20.0 Å². The van der Waals surface area contributed by atoms with Gasteiger partial charge in [0.2, 0.25) is 5.91 Å². The minimum absolute atomic E-state index is 0.0573. The van der Waals surface area contributed by atoms with Crippen LogP contribution >= 0.6 is 0 Å². The van der Waals surface area contributed by atoms with E-state index in [-0.39, 0.29) is 18.6 Å². The zero-order chi connectivity index (χ0) is 18.5. The van der Waals surface area contributed by atoms with Crippen molar-refractivity contribution in [2.45, 2.75) is 39.1 Å². The Balaban J connectivity index is 1.45. The number of ether oxygens (including phenoxy) is 1. The third-order valence-corrected chi connectivity index (χ3v) is 4.47. The number of aromatic nitrogens is 2. The van der Waals surface area contributed by atoms with Gasteiger partial charge in [0, 0.05) is 26.2 Å². The summed E-state index contributed by atoms with van der Waals surface area (Å²) in [5, 5.41) is 17.3. The molecule has 1 aliphatic rings. The van der Waals surface area contributed by atoms with Gasteiger partial charge in [-0.15, -0.1) is 0 Å². The lowest BCUT2D eigenvalue weighted by atomic mass is 10.1. The molecule has 7 heteroatoms. The van der Waals surface area contributed by atoms with E-state index in [1.54, 1.807) is 10.9 Å². The lowest BCUT2D eigenvalue weighted by Crippen LogP contribution is -2.36. The van der Waals surface area contributed by atoms with Crippen molar-refractivity contribution in [3.05, 3.63) is 47.8 Å². The Labute approximate surface area is 153 Å². The molecule has 0 radical (unpaired) electrons. The number of nitrogens with zero attached hydrogens (tertiary/aromatic N) is 3. The molecule has 2 atom stereocenters. The van der Waals surface area contributed by atoms with E-state index < -0.39 is 6.10 Å². The van der Waals surface area contributed by atoms with Gasteiger partial charge in [-0.05, 0) is 19.4 Å². The molecule has 7 nitrogen and oxygen atoms in total. The molecule has 3 rings (SSSR count). The molecule has 0 spiro atoms. The molecule has 1 aromatic heterocycles. The number of aryl methyl sites for hydroxylation is 2. The molecule has 2 N–H and O–H groups in total. The summed E-state index contributed by atoms with van der Waals surface area (Å²) in [6.07, 6.45) is 2.48. The molecule has 1 aliphatic heterocycles. The fraction of sp³-hybridized carbons (Fsp3) is 0.474. The highest BCUT2D eigenvalue weighted by molar-refractivity contribution is 5.78. The Morgan fingerprint density at radius 3 is 3.00 bits per heavy atom. The summed E-state index contributed by atoms with van der Waals surface area (Å²) in [6, 6.07) is 8.06. The summed E-state index contributed by atoms with van der Waals surface area (Å²) in [7, 11) is 0. The summed E-state index contributed by atoms with van der Waals surface area (Å²) in [6.45, 7) is 6.48. The van der Waals surface area contributed by atoms with Crippen LogP contribution in [0.2, 0.25) is 0 Å². The van der Waals surface area contributed by atoms with E-state index in [2.05, 4.69) is 16.5 Å². The number of β-amino-alcohol motifs (C(OH)–C–C–N with tert-alkyl or cyclic N) is 1. The molecule has 1 saturated heterocycles. The predicted molar refractivity (Wildman–Crippen MR) is 97.8 cm³/mol. The number of hydrogen-bond donors (Lipinski definition) is 2. The van der Waals surface area contributed by atoms with Crippen LogP contribution in [0.3, 0.4) is 0 Å². The quantitative estimate of drug-likeness (QED) is 0.770. The highest BCUT2D eigenvalue weighted by Crippen LogP contribution is 2.18. The van der Waals surface area contributed by atoms with E-state index in [1.807, 2.05) is 43.1 Å². The minimum atomic E-state index is -0.621. The second kappa shape index (κ2) is 8.33. The first kappa shape index (κ1) is 18.4. The lowest BCUT2D eigenvalue weighted by Gasteiger charge is -2.16. The number of benzene rings is 1. The predicted octanol–water partition coefficient (Wildman–Crippen LogP) is 0.952. The largest absolute Gasteiger partial charge is 0.483 e. The van der Waals surface area contributed by atoms with Crippen molar-refractivity contribution in [3.8, 4) is 5.75 Å². The maximum atomic E-state index is 12.2. The Kier molecular flexibility index (Phi) is 5.90. The molecule has 2 aromatic rings. The number of hydrogen-bond acceptors (Lipinski definition) is 5. The second-order valence-corrected chi connectivity index (χ2v) is 6.72. The fourth-order valence-corrected chi connectivity index (χ4v) is 3.11.